The molecule has 1 amide bonds. The maximum atomic E-state index is 12.2. The third-order valence-corrected chi connectivity index (χ3v) is 3.52. The van der Waals surface area contributed by atoms with Gasteiger partial charge >= 0.3 is 0 Å². The SMILES string of the molecule is CC(C(=O)Nc1cccc(-n2nnnc2C)c1)=C1CNC1. The molecule has 1 fully saturated rings. The molecule has 3 rings (SSSR count). The molecule has 1 aliphatic heterocycles. The van der Waals surface area contributed by atoms with Crippen LogP contribution in [0.5, 0.6) is 0 Å². The normalized spacial score (nSPS) is 13.7. The number of carbonyl (C=O) groups excluding carboxylic acids is 1. The molecule has 2 aromatic rings. The van der Waals surface area contributed by atoms with E-state index in [9.17, 15) is 4.79 Å². The summed E-state index contributed by atoms with van der Waals surface area (Å²) in [5.74, 6) is 0.620. The highest BCUT2D eigenvalue weighted by Gasteiger charge is 2.16. The Kier molecular flexibility index (Phi) is 3.49. The van der Waals surface area contributed by atoms with Gasteiger partial charge in [0.1, 0.15) is 0 Å². The van der Waals surface area contributed by atoms with Crippen molar-refractivity contribution in [1.29, 1.82) is 0 Å². The van der Waals surface area contributed by atoms with Gasteiger partial charge in [-0.3, -0.25) is 4.79 Å². The topological polar surface area (TPSA) is 84.7 Å². The second kappa shape index (κ2) is 5.45. The quantitative estimate of drug-likeness (QED) is 0.815. The number of carbonyl (C=O) groups is 1. The molecule has 0 bridgehead atoms. The minimum atomic E-state index is -0.0721. The predicted octanol–water partition coefficient (Wildman–Crippen LogP) is 0.829. The first-order chi connectivity index (χ1) is 10.1. The van der Waals surface area contributed by atoms with Gasteiger partial charge in [0.05, 0.1) is 5.69 Å². The second-order valence-corrected chi connectivity index (χ2v) is 4.97. The molecular weight excluding hydrogens is 268 g/mol. The number of amides is 1. The number of nitrogens with one attached hydrogen (secondary N) is 2. The molecule has 108 valence electrons. The first kappa shape index (κ1) is 13.4. The standard InChI is InChI=1S/C14H16N6O/c1-9(11-7-15-8-11)14(21)16-12-4-3-5-13(6-12)20-10(2)17-18-19-20/h3-6,15H,7-8H2,1-2H3,(H,16,21). The third kappa shape index (κ3) is 2.68. The Morgan fingerprint density at radius 1 is 1.38 bits per heavy atom. The smallest absolute Gasteiger partial charge is 0.251 e. The number of tetrazole rings is 1. The molecule has 1 aromatic carbocycles. The zero-order chi connectivity index (χ0) is 14.8. The minimum Gasteiger partial charge on any atom is -0.322 e. The van der Waals surface area contributed by atoms with Crippen molar-refractivity contribution in [1.82, 2.24) is 25.5 Å². The van der Waals surface area contributed by atoms with Crippen molar-refractivity contribution in [2.24, 2.45) is 0 Å². The van der Waals surface area contributed by atoms with Crippen molar-refractivity contribution < 1.29 is 4.79 Å². The van der Waals surface area contributed by atoms with E-state index in [1.165, 1.54) is 0 Å². The summed E-state index contributed by atoms with van der Waals surface area (Å²) >= 11 is 0. The van der Waals surface area contributed by atoms with Gasteiger partial charge in [-0.25, -0.2) is 0 Å². The van der Waals surface area contributed by atoms with E-state index in [1.807, 2.05) is 38.1 Å². The molecule has 0 radical (unpaired) electrons. The molecule has 7 heteroatoms. The number of aromatic nitrogens is 4. The van der Waals surface area contributed by atoms with E-state index in [4.69, 9.17) is 0 Å². The highest BCUT2D eigenvalue weighted by molar-refractivity contribution is 6.04. The van der Waals surface area contributed by atoms with Gasteiger partial charge in [0.25, 0.3) is 5.91 Å². The predicted molar refractivity (Wildman–Crippen MR) is 78.1 cm³/mol. The molecule has 0 atom stereocenters. The van der Waals surface area contributed by atoms with Gasteiger partial charge in [0, 0.05) is 24.4 Å². The van der Waals surface area contributed by atoms with Gasteiger partial charge < -0.3 is 10.6 Å². The lowest BCUT2D eigenvalue weighted by Gasteiger charge is -2.21. The average Bonchev–Trinajstić information content (AvgIpc) is 2.83. The Morgan fingerprint density at radius 3 is 2.81 bits per heavy atom. The Bertz CT molecular complexity index is 712. The number of nitrogens with zero attached hydrogens (tertiary/aromatic N) is 4. The van der Waals surface area contributed by atoms with E-state index in [0.717, 1.165) is 35.6 Å². The largest absolute Gasteiger partial charge is 0.322 e. The van der Waals surface area contributed by atoms with Crippen LogP contribution in [0, 0.1) is 6.92 Å². The summed E-state index contributed by atoms with van der Waals surface area (Å²) in [7, 11) is 0. The van der Waals surface area contributed by atoms with E-state index in [0.29, 0.717) is 5.82 Å². The molecule has 0 unspecified atom stereocenters. The molecule has 7 nitrogen and oxygen atoms in total. The van der Waals surface area contributed by atoms with Crippen LogP contribution < -0.4 is 10.6 Å². The molecule has 1 aromatic heterocycles. The lowest BCUT2D eigenvalue weighted by molar-refractivity contribution is -0.112. The zero-order valence-corrected chi connectivity index (χ0v) is 11.9. The van der Waals surface area contributed by atoms with Gasteiger partial charge in [-0.05, 0) is 48.0 Å². The third-order valence-electron chi connectivity index (χ3n) is 3.52. The number of rotatable bonds is 3. The van der Waals surface area contributed by atoms with E-state index >= 15 is 0 Å². The minimum absolute atomic E-state index is 0.0721. The maximum Gasteiger partial charge on any atom is 0.251 e. The van der Waals surface area contributed by atoms with Crippen LogP contribution >= 0.6 is 0 Å². The number of hydrogen-bond acceptors (Lipinski definition) is 5. The summed E-state index contributed by atoms with van der Waals surface area (Å²) < 4.78 is 1.62. The van der Waals surface area contributed by atoms with E-state index in [1.54, 1.807) is 4.68 Å². The summed E-state index contributed by atoms with van der Waals surface area (Å²) in [6.45, 7) is 5.26. The van der Waals surface area contributed by atoms with Crippen LogP contribution in [0.25, 0.3) is 5.69 Å². The summed E-state index contributed by atoms with van der Waals surface area (Å²) in [4.78, 5) is 12.2. The van der Waals surface area contributed by atoms with E-state index in [2.05, 4.69) is 26.2 Å². The van der Waals surface area contributed by atoms with Crippen LogP contribution in [-0.2, 0) is 4.79 Å². The number of hydrogen-bond donors (Lipinski definition) is 2. The van der Waals surface area contributed by atoms with Crippen molar-refractivity contribution in [3.05, 3.63) is 41.2 Å². The van der Waals surface area contributed by atoms with Gasteiger partial charge in [-0.2, -0.15) is 4.68 Å². The lowest BCUT2D eigenvalue weighted by Crippen LogP contribution is -2.36. The Morgan fingerprint density at radius 2 is 2.19 bits per heavy atom. The zero-order valence-electron chi connectivity index (χ0n) is 11.9. The van der Waals surface area contributed by atoms with Crippen molar-refractivity contribution in [2.45, 2.75) is 13.8 Å². The van der Waals surface area contributed by atoms with Crippen LogP contribution in [0.1, 0.15) is 12.7 Å². The summed E-state index contributed by atoms with van der Waals surface area (Å²) in [6.07, 6.45) is 0. The van der Waals surface area contributed by atoms with Crippen molar-refractivity contribution in [3.8, 4) is 5.69 Å². The summed E-state index contributed by atoms with van der Waals surface area (Å²) in [5.41, 5.74) is 3.46. The molecular formula is C14H16N6O. The number of anilines is 1. The first-order valence-electron chi connectivity index (χ1n) is 6.71. The Balaban J connectivity index is 1.81. The number of benzene rings is 1. The molecule has 0 aliphatic carbocycles. The number of aryl methyl sites for hydroxylation is 1. The van der Waals surface area contributed by atoms with Crippen LogP contribution in [0.3, 0.4) is 0 Å². The van der Waals surface area contributed by atoms with Gasteiger partial charge in [0.15, 0.2) is 5.82 Å². The molecule has 2 N–H and O–H groups in total. The van der Waals surface area contributed by atoms with Crippen molar-refractivity contribution in [2.75, 3.05) is 18.4 Å². The molecule has 1 aliphatic rings. The molecule has 21 heavy (non-hydrogen) atoms. The van der Waals surface area contributed by atoms with Crippen LogP contribution in [0.15, 0.2) is 35.4 Å². The Labute approximate surface area is 122 Å². The molecule has 0 saturated carbocycles. The van der Waals surface area contributed by atoms with E-state index in [-0.39, 0.29) is 5.91 Å². The maximum absolute atomic E-state index is 12.2. The monoisotopic (exact) mass is 284 g/mol. The van der Waals surface area contributed by atoms with Crippen LogP contribution in [-0.4, -0.2) is 39.2 Å². The van der Waals surface area contributed by atoms with Gasteiger partial charge in [-0.1, -0.05) is 6.07 Å². The second-order valence-electron chi connectivity index (χ2n) is 4.97. The fraction of sp³-hybridized carbons (Fsp3) is 0.286. The highest BCUT2D eigenvalue weighted by Crippen LogP contribution is 2.17. The lowest BCUT2D eigenvalue weighted by atomic mass is 10.0. The van der Waals surface area contributed by atoms with Crippen LogP contribution in [0.2, 0.25) is 0 Å². The first-order valence-corrected chi connectivity index (χ1v) is 6.71. The van der Waals surface area contributed by atoms with Gasteiger partial charge in [-0.15, -0.1) is 5.10 Å². The fourth-order valence-corrected chi connectivity index (χ4v) is 2.09. The van der Waals surface area contributed by atoms with Crippen molar-refractivity contribution in [3.63, 3.8) is 0 Å². The Hall–Kier alpha value is -2.54. The average molecular weight is 284 g/mol. The molecule has 2 heterocycles. The summed E-state index contributed by atoms with van der Waals surface area (Å²) in [5, 5.41) is 17.4. The van der Waals surface area contributed by atoms with Crippen LogP contribution in [0.4, 0.5) is 5.69 Å². The molecule has 1 saturated heterocycles. The highest BCUT2D eigenvalue weighted by atomic mass is 16.1. The summed E-state index contributed by atoms with van der Waals surface area (Å²) in [6, 6.07) is 7.44. The van der Waals surface area contributed by atoms with E-state index < -0.39 is 0 Å². The fourth-order valence-electron chi connectivity index (χ4n) is 2.09. The molecule has 0 spiro atoms. The van der Waals surface area contributed by atoms with Crippen molar-refractivity contribution >= 4 is 11.6 Å². The van der Waals surface area contributed by atoms with Gasteiger partial charge in [0.2, 0.25) is 0 Å².